The van der Waals surface area contributed by atoms with Crippen molar-refractivity contribution in [1.82, 2.24) is 14.1 Å². The summed E-state index contributed by atoms with van der Waals surface area (Å²) in [6.07, 6.45) is 2.13. The number of aromatic nitrogens is 2. The molecule has 0 spiro atoms. The number of rotatable bonds is 4. The first-order chi connectivity index (χ1) is 9.74. The third kappa shape index (κ3) is 2.54. The van der Waals surface area contributed by atoms with Crippen molar-refractivity contribution in [3.8, 4) is 0 Å². The number of nitrogens with one attached hydrogen (secondary N) is 1. The van der Waals surface area contributed by atoms with Crippen LogP contribution in [0.1, 0.15) is 22.0 Å². The monoisotopic (exact) mass is 289 g/mol. The molecule has 6 nitrogen and oxygen atoms in total. The molecule has 102 valence electrons. The fourth-order valence-corrected chi connectivity index (χ4v) is 2.31. The molecule has 3 aromatic rings. The number of carbonyl (C=O) groups is 1. The van der Waals surface area contributed by atoms with Crippen LogP contribution in [-0.2, 0) is 0 Å². The highest BCUT2D eigenvalue weighted by Crippen LogP contribution is 2.14. The van der Waals surface area contributed by atoms with Crippen LogP contribution in [0.4, 0.5) is 0 Å². The van der Waals surface area contributed by atoms with Crippen molar-refractivity contribution in [2.45, 2.75) is 6.10 Å². The van der Waals surface area contributed by atoms with E-state index < -0.39 is 6.10 Å². The van der Waals surface area contributed by atoms with E-state index in [2.05, 4.69) is 14.1 Å². The molecular weight excluding hydrogens is 278 g/mol. The van der Waals surface area contributed by atoms with Gasteiger partial charge in [0.15, 0.2) is 0 Å². The zero-order chi connectivity index (χ0) is 13.9. The maximum Gasteiger partial charge on any atom is 0.251 e. The minimum absolute atomic E-state index is 0.117. The number of furan rings is 1. The predicted octanol–water partition coefficient (Wildman–Crippen LogP) is 1.75. The van der Waals surface area contributed by atoms with E-state index in [-0.39, 0.29) is 12.5 Å². The van der Waals surface area contributed by atoms with Gasteiger partial charge in [-0.15, -0.1) is 0 Å². The molecule has 0 saturated heterocycles. The minimum atomic E-state index is -0.789. The summed E-state index contributed by atoms with van der Waals surface area (Å²) in [6, 6.07) is 6.77. The summed E-state index contributed by atoms with van der Waals surface area (Å²) >= 11 is 1.11. The Hall–Kier alpha value is -2.25. The first-order valence-electron chi connectivity index (χ1n) is 5.95. The Labute approximate surface area is 118 Å². The molecule has 1 amide bonds. The van der Waals surface area contributed by atoms with Crippen molar-refractivity contribution in [3.05, 3.63) is 47.9 Å². The van der Waals surface area contributed by atoms with Crippen LogP contribution in [-0.4, -0.2) is 26.3 Å². The number of benzene rings is 1. The maximum absolute atomic E-state index is 12.0. The Morgan fingerprint density at radius 3 is 3.00 bits per heavy atom. The number of aliphatic hydroxyl groups is 1. The summed E-state index contributed by atoms with van der Waals surface area (Å²) < 4.78 is 13.0. The Kier molecular flexibility index (Phi) is 3.44. The molecule has 0 radical (unpaired) electrons. The van der Waals surface area contributed by atoms with Gasteiger partial charge in [-0.2, -0.15) is 8.75 Å². The number of carbonyl (C=O) groups excluding carboxylic acids is 1. The predicted molar refractivity (Wildman–Crippen MR) is 73.4 cm³/mol. The van der Waals surface area contributed by atoms with Gasteiger partial charge in [0.25, 0.3) is 5.91 Å². The third-order valence-electron chi connectivity index (χ3n) is 2.90. The number of fused-ring (bicyclic) bond motifs is 1. The van der Waals surface area contributed by atoms with Crippen LogP contribution >= 0.6 is 11.7 Å². The number of amides is 1. The Balaban J connectivity index is 1.66. The average Bonchev–Trinajstić information content (AvgIpc) is 3.13. The molecule has 2 aromatic heterocycles. The third-order valence-corrected chi connectivity index (χ3v) is 3.46. The van der Waals surface area contributed by atoms with E-state index in [0.29, 0.717) is 16.6 Å². The van der Waals surface area contributed by atoms with Crippen molar-refractivity contribution in [3.63, 3.8) is 0 Å². The summed E-state index contributed by atoms with van der Waals surface area (Å²) in [7, 11) is 0. The second-order valence-corrected chi connectivity index (χ2v) is 4.78. The fourth-order valence-electron chi connectivity index (χ4n) is 1.80. The second kappa shape index (κ2) is 5.40. The van der Waals surface area contributed by atoms with E-state index in [9.17, 15) is 9.90 Å². The maximum atomic E-state index is 12.0. The average molecular weight is 289 g/mol. The molecule has 2 heterocycles. The summed E-state index contributed by atoms with van der Waals surface area (Å²) in [6.45, 7) is 0.117. The topological polar surface area (TPSA) is 88.2 Å². The van der Waals surface area contributed by atoms with Crippen LogP contribution in [0.15, 0.2) is 41.2 Å². The molecule has 0 aliphatic rings. The number of hydrogen-bond acceptors (Lipinski definition) is 6. The molecule has 1 unspecified atom stereocenters. The zero-order valence-electron chi connectivity index (χ0n) is 10.3. The molecule has 0 fully saturated rings. The van der Waals surface area contributed by atoms with Crippen LogP contribution in [0.25, 0.3) is 11.0 Å². The van der Waals surface area contributed by atoms with Gasteiger partial charge in [-0.05, 0) is 24.3 Å². The first-order valence-corrected chi connectivity index (χ1v) is 6.68. The van der Waals surface area contributed by atoms with Crippen molar-refractivity contribution < 1.29 is 14.3 Å². The van der Waals surface area contributed by atoms with E-state index in [0.717, 1.165) is 17.2 Å². The second-order valence-electron chi connectivity index (χ2n) is 4.25. The molecule has 1 atom stereocenters. The highest BCUT2D eigenvalue weighted by Gasteiger charge is 2.12. The normalized spacial score (nSPS) is 12.4. The Bertz CT molecular complexity index is 723. The zero-order valence-corrected chi connectivity index (χ0v) is 11.1. The van der Waals surface area contributed by atoms with Gasteiger partial charge in [-0.25, -0.2) is 0 Å². The SMILES string of the molecule is O=C(NCC(O)c1ccoc1)c1ccc2nsnc2c1. The van der Waals surface area contributed by atoms with Crippen molar-refractivity contribution in [2.24, 2.45) is 0 Å². The quantitative estimate of drug-likeness (QED) is 0.764. The molecule has 0 aliphatic carbocycles. The van der Waals surface area contributed by atoms with Crippen LogP contribution in [0.5, 0.6) is 0 Å². The first kappa shape index (κ1) is 12.8. The van der Waals surface area contributed by atoms with E-state index in [1.165, 1.54) is 12.5 Å². The van der Waals surface area contributed by atoms with Crippen molar-refractivity contribution in [2.75, 3.05) is 6.54 Å². The van der Waals surface area contributed by atoms with E-state index in [1.807, 2.05) is 0 Å². The van der Waals surface area contributed by atoms with Gasteiger partial charge in [-0.1, -0.05) is 0 Å². The molecule has 2 N–H and O–H groups in total. The minimum Gasteiger partial charge on any atom is -0.472 e. The lowest BCUT2D eigenvalue weighted by molar-refractivity contribution is 0.0916. The highest BCUT2D eigenvalue weighted by atomic mass is 32.1. The summed E-state index contributed by atoms with van der Waals surface area (Å²) in [5, 5.41) is 12.5. The number of hydrogen-bond donors (Lipinski definition) is 2. The largest absolute Gasteiger partial charge is 0.472 e. The summed E-state index contributed by atoms with van der Waals surface area (Å²) in [5.41, 5.74) is 2.58. The standard InChI is InChI=1S/C13H11N3O3S/c17-12(9-3-4-19-7-9)6-14-13(18)8-1-2-10-11(5-8)16-20-15-10/h1-5,7,12,17H,6H2,(H,14,18). The van der Waals surface area contributed by atoms with Gasteiger partial charge in [-0.3, -0.25) is 4.79 Å². The van der Waals surface area contributed by atoms with E-state index in [4.69, 9.17) is 4.42 Å². The van der Waals surface area contributed by atoms with Gasteiger partial charge in [0.1, 0.15) is 11.0 Å². The molecule has 3 rings (SSSR count). The molecule has 20 heavy (non-hydrogen) atoms. The lowest BCUT2D eigenvalue weighted by Gasteiger charge is -2.10. The fraction of sp³-hybridized carbons (Fsp3) is 0.154. The smallest absolute Gasteiger partial charge is 0.251 e. The molecular formula is C13H11N3O3S. The highest BCUT2D eigenvalue weighted by molar-refractivity contribution is 7.00. The number of aliphatic hydroxyl groups excluding tert-OH is 1. The van der Waals surface area contributed by atoms with Crippen LogP contribution < -0.4 is 5.32 Å². The van der Waals surface area contributed by atoms with Crippen molar-refractivity contribution in [1.29, 1.82) is 0 Å². The van der Waals surface area contributed by atoms with Crippen LogP contribution in [0.3, 0.4) is 0 Å². The lowest BCUT2D eigenvalue weighted by atomic mass is 10.1. The molecule has 7 heteroatoms. The molecule has 0 saturated carbocycles. The van der Waals surface area contributed by atoms with Gasteiger partial charge in [0.05, 0.1) is 30.4 Å². The van der Waals surface area contributed by atoms with Crippen LogP contribution in [0, 0.1) is 0 Å². The molecule has 0 aliphatic heterocycles. The molecule has 1 aromatic carbocycles. The van der Waals surface area contributed by atoms with Crippen molar-refractivity contribution >= 4 is 28.7 Å². The van der Waals surface area contributed by atoms with Gasteiger partial charge in [0, 0.05) is 17.7 Å². The Morgan fingerprint density at radius 1 is 1.35 bits per heavy atom. The van der Waals surface area contributed by atoms with Crippen LogP contribution in [0.2, 0.25) is 0 Å². The summed E-state index contributed by atoms with van der Waals surface area (Å²) in [4.78, 5) is 12.0. The summed E-state index contributed by atoms with van der Waals surface area (Å²) in [5.74, 6) is -0.262. The number of nitrogens with zero attached hydrogens (tertiary/aromatic N) is 2. The molecule has 0 bridgehead atoms. The van der Waals surface area contributed by atoms with Gasteiger partial charge in [0.2, 0.25) is 0 Å². The lowest BCUT2D eigenvalue weighted by Crippen LogP contribution is -2.28. The Morgan fingerprint density at radius 2 is 2.20 bits per heavy atom. The van der Waals surface area contributed by atoms with Gasteiger partial charge >= 0.3 is 0 Å². The van der Waals surface area contributed by atoms with E-state index in [1.54, 1.807) is 24.3 Å². The van der Waals surface area contributed by atoms with Gasteiger partial charge < -0.3 is 14.8 Å². The van der Waals surface area contributed by atoms with E-state index >= 15 is 0 Å².